The lowest BCUT2D eigenvalue weighted by atomic mass is 9.55. The van der Waals surface area contributed by atoms with Crippen LogP contribution in [0.5, 0.6) is 5.75 Å². The van der Waals surface area contributed by atoms with E-state index in [1.54, 1.807) is 0 Å². The van der Waals surface area contributed by atoms with Crippen LogP contribution >= 0.6 is 11.3 Å². The van der Waals surface area contributed by atoms with Crippen molar-refractivity contribution in [1.82, 2.24) is 5.01 Å². The maximum absolute atomic E-state index is 9.91. The number of thiophene rings is 1. The molecule has 1 N–H and O–H groups in total. The van der Waals surface area contributed by atoms with E-state index in [1.165, 1.54) is 47.4 Å². The minimum atomic E-state index is 0.264. The van der Waals surface area contributed by atoms with E-state index in [1.807, 2.05) is 23.5 Å². The predicted octanol–water partition coefficient (Wildman–Crippen LogP) is 5.58. The van der Waals surface area contributed by atoms with Crippen LogP contribution in [0.15, 0.2) is 40.8 Å². The number of aryl methyl sites for hydroxylation is 1. The first-order valence-electron chi connectivity index (χ1n) is 10.7. The quantitative estimate of drug-likeness (QED) is 0.688. The molecule has 1 aromatic heterocycles. The third-order valence-electron chi connectivity index (χ3n) is 8.43. The molecule has 0 amide bonds. The van der Waals surface area contributed by atoms with Gasteiger partial charge in [0.2, 0.25) is 0 Å². The largest absolute Gasteiger partial charge is 0.508 e. The number of rotatable bonds is 1. The molecule has 2 saturated carbocycles. The second-order valence-electron chi connectivity index (χ2n) is 9.62. The van der Waals surface area contributed by atoms with Crippen LogP contribution in [0.25, 0.3) is 0 Å². The van der Waals surface area contributed by atoms with Crippen LogP contribution in [0.2, 0.25) is 0 Å². The molecule has 0 radical (unpaired) electrons. The van der Waals surface area contributed by atoms with E-state index in [0.717, 1.165) is 18.3 Å². The van der Waals surface area contributed by atoms with E-state index >= 15 is 0 Å². The summed E-state index contributed by atoms with van der Waals surface area (Å²) in [6, 6.07) is 11.0. The lowest BCUT2D eigenvalue weighted by molar-refractivity contribution is 0.0836. The number of phenolic OH excluding ortho intramolecular Hbond substituents is 1. The fourth-order valence-electron chi connectivity index (χ4n) is 7.25. The summed E-state index contributed by atoms with van der Waals surface area (Å²) in [5, 5.41) is 19.5. The van der Waals surface area contributed by atoms with E-state index in [0.29, 0.717) is 23.6 Å². The molecule has 3 aliphatic carbocycles. The maximum Gasteiger partial charge on any atom is 0.115 e. The highest BCUT2D eigenvalue weighted by molar-refractivity contribution is 7.10. The molecule has 1 aromatic carbocycles. The number of hydrogen-bond donors (Lipinski definition) is 1. The normalized spacial score (nSPS) is 38.4. The molecule has 4 heteroatoms. The summed E-state index contributed by atoms with van der Waals surface area (Å²) < 4.78 is 0. The Bertz CT molecular complexity index is 952. The Balaban J connectivity index is 1.37. The first-order chi connectivity index (χ1) is 13.6. The Kier molecular flexibility index (Phi) is 3.57. The number of benzene rings is 1. The molecule has 2 unspecified atom stereocenters. The molecular weight excluding hydrogens is 364 g/mol. The van der Waals surface area contributed by atoms with Gasteiger partial charge in [-0.1, -0.05) is 19.1 Å². The number of hydrazone groups is 1. The van der Waals surface area contributed by atoms with Crippen molar-refractivity contribution < 1.29 is 5.11 Å². The van der Waals surface area contributed by atoms with Gasteiger partial charge in [0, 0.05) is 29.0 Å². The molecular formula is C24H28N2OS. The van der Waals surface area contributed by atoms with Gasteiger partial charge in [0.15, 0.2) is 0 Å². The highest BCUT2D eigenvalue weighted by Crippen LogP contribution is 2.64. The predicted molar refractivity (Wildman–Crippen MR) is 114 cm³/mol. The second-order valence-corrected chi connectivity index (χ2v) is 10.6. The van der Waals surface area contributed by atoms with Crippen LogP contribution in [0, 0.1) is 23.2 Å². The zero-order chi connectivity index (χ0) is 19.0. The summed E-state index contributed by atoms with van der Waals surface area (Å²) in [6.07, 6.45) is 6.18. The summed E-state index contributed by atoms with van der Waals surface area (Å²) in [4.78, 5) is 1.47. The van der Waals surface area contributed by atoms with E-state index in [2.05, 4.69) is 42.6 Å². The number of hydrogen-bond acceptors (Lipinski definition) is 4. The average molecular weight is 393 g/mol. The van der Waals surface area contributed by atoms with Crippen molar-refractivity contribution in [2.45, 2.75) is 51.0 Å². The Hall–Kier alpha value is -1.81. The fourth-order valence-corrected chi connectivity index (χ4v) is 8.18. The summed E-state index contributed by atoms with van der Waals surface area (Å²) in [7, 11) is 2.17. The number of fused-ring (bicyclic) bond motifs is 7. The average Bonchev–Trinajstić information content (AvgIpc) is 3.37. The summed E-state index contributed by atoms with van der Waals surface area (Å²) in [5.74, 6) is 3.18. The van der Waals surface area contributed by atoms with Gasteiger partial charge in [0.05, 0.1) is 6.04 Å². The summed E-state index contributed by atoms with van der Waals surface area (Å²) >= 11 is 1.88. The smallest absolute Gasteiger partial charge is 0.115 e. The Morgan fingerprint density at radius 1 is 1.21 bits per heavy atom. The van der Waals surface area contributed by atoms with Gasteiger partial charge in [-0.2, -0.15) is 5.10 Å². The van der Waals surface area contributed by atoms with Gasteiger partial charge in [-0.05, 0) is 84.6 Å². The second kappa shape index (κ2) is 5.85. The topological polar surface area (TPSA) is 35.8 Å². The van der Waals surface area contributed by atoms with Crippen molar-refractivity contribution in [3.8, 4) is 5.75 Å². The standard InChI is InChI=1S/C24H28N2OS/c1-24-10-9-17-16-8-6-15(27)12-14(16)5-7-18(17)20(24)13-19-22(21-4-3-11-28-21)26(2)25-23(19)24/h3-4,6,8,11-12,17-20,22,27H,5,7,9-10,13H2,1-2H3/t17-,18-,19?,20+,22?,24+/m1/s1. The molecule has 2 fully saturated rings. The highest BCUT2D eigenvalue weighted by Gasteiger charge is 2.60. The molecule has 2 aromatic rings. The molecule has 146 valence electrons. The van der Waals surface area contributed by atoms with Gasteiger partial charge in [0.25, 0.3) is 0 Å². The molecule has 0 bridgehead atoms. The lowest BCUT2D eigenvalue weighted by Gasteiger charge is -2.49. The maximum atomic E-state index is 9.91. The van der Waals surface area contributed by atoms with Crippen molar-refractivity contribution in [2.24, 2.45) is 28.3 Å². The molecule has 4 aliphatic rings. The minimum absolute atomic E-state index is 0.264. The zero-order valence-electron chi connectivity index (χ0n) is 16.6. The van der Waals surface area contributed by atoms with E-state index in [-0.39, 0.29) is 5.41 Å². The Labute approximate surface area is 171 Å². The van der Waals surface area contributed by atoms with Gasteiger partial charge in [0.1, 0.15) is 5.75 Å². The number of aromatic hydroxyl groups is 1. The molecule has 3 nitrogen and oxygen atoms in total. The van der Waals surface area contributed by atoms with Gasteiger partial charge < -0.3 is 5.11 Å². The molecule has 6 atom stereocenters. The third kappa shape index (κ3) is 2.18. The number of nitrogens with zero attached hydrogens (tertiary/aromatic N) is 2. The minimum Gasteiger partial charge on any atom is -0.508 e. The first kappa shape index (κ1) is 17.1. The van der Waals surface area contributed by atoms with Crippen molar-refractivity contribution in [3.63, 3.8) is 0 Å². The van der Waals surface area contributed by atoms with Crippen molar-refractivity contribution >= 4 is 17.0 Å². The summed E-state index contributed by atoms with van der Waals surface area (Å²) in [6.45, 7) is 2.52. The van der Waals surface area contributed by atoms with Gasteiger partial charge in [-0.25, -0.2) is 0 Å². The highest BCUT2D eigenvalue weighted by atomic mass is 32.1. The van der Waals surface area contributed by atoms with Gasteiger partial charge in [-0.15, -0.1) is 11.3 Å². The van der Waals surface area contributed by atoms with Crippen LogP contribution in [-0.4, -0.2) is 22.9 Å². The van der Waals surface area contributed by atoms with Crippen molar-refractivity contribution in [3.05, 3.63) is 51.7 Å². The molecule has 28 heavy (non-hydrogen) atoms. The monoisotopic (exact) mass is 392 g/mol. The van der Waals surface area contributed by atoms with Crippen molar-refractivity contribution in [1.29, 1.82) is 0 Å². The first-order valence-corrected chi connectivity index (χ1v) is 11.6. The van der Waals surface area contributed by atoms with E-state index in [9.17, 15) is 5.11 Å². The fraction of sp³-hybridized carbons (Fsp3) is 0.542. The van der Waals surface area contributed by atoms with Crippen LogP contribution in [0.1, 0.15) is 60.6 Å². The van der Waals surface area contributed by atoms with Crippen LogP contribution < -0.4 is 0 Å². The molecule has 2 heterocycles. The van der Waals surface area contributed by atoms with Gasteiger partial charge in [-0.3, -0.25) is 5.01 Å². The zero-order valence-corrected chi connectivity index (χ0v) is 17.5. The third-order valence-corrected chi connectivity index (χ3v) is 9.37. The van der Waals surface area contributed by atoms with Crippen molar-refractivity contribution in [2.75, 3.05) is 7.05 Å². The molecule has 0 saturated heterocycles. The Morgan fingerprint density at radius 3 is 2.93 bits per heavy atom. The van der Waals surface area contributed by atoms with Crippen LogP contribution in [-0.2, 0) is 6.42 Å². The molecule has 6 rings (SSSR count). The van der Waals surface area contributed by atoms with E-state index in [4.69, 9.17) is 5.10 Å². The SMILES string of the molecule is CN1N=C2C(C[C@H]3[C@@H]4CCc5cc(O)ccc5[C@H]4CC[C@]23C)C1c1cccs1. The summed E-state index contributed by atoms with van der Waals surface area (Å²) in [5.41, 5.74) is 4.66. The van der Waals surface area contributed by atoms with E-state index < -0.39 is 0 Å². The van der Waals surface area contributed by atoms with Gasteiger partial charge >= 0.3 is 0 Å². The lowest BCUT2D eigenvalue weighted by Crippen LogP contribution is -2.42. The molecule has 0 spiro atoms. The number of phenols is 1. The van der Waals surface area contributed by atoms with Crippen LogP contribution in [0.4, 0.5) is 0 Å². The molecule has 1 aliphatic heterocycles. The Morgan fingerprint density at radius 2 is 2.11 bits per heavy atom. The van der Waals surface area contributed by atoms with Crippen LogP contribution in [0.3, 0.4) is 0 Å².